The molecule has 2 heteroatoms. The largest absolute Gasteiger partial charge is 0.393 e. The summed E-state index contributed by atoms with van der Waals surface area (Å²) in [5.74, 6) is 2.36. The molecule has 0 saturated heterocycles. The minimum absolute atomic E-state index is 0.0771. The van der Waals surface area contributed by atoms with Gasteiger partial charge in [-0.3, -0.25) is 0 Å². The predicted octanol–water partition coefficient (Wildman–Crippen LogP) is 11.2. The van der Waals surface area contributed by atoms with Crippen LogP contribution in [-0.4, -0.2) is 19.1 Å². The number of aliphatic hydroxyl groups is 1. The highest BCUT2D eigenvalue weighted by molar-refractivity contribution is 6.21. The molecule has 42 heavy (non-hydrogen) atoms. The maximum Gasteiger partial charge on any atom is 0.107 e. The van der Waals surface area contributed by atoms with Crippen LogP contribution in [0, 0.1) is 18.8 Å². The second-order valence-corrected chi connectivity index (χ2v) is 12.9. The Kier molecular flexibility index (Phi) is 14.1. The number of allylic oxidation sites excluding steroid dienone is 8. The van der Waals surface area contributed by atoms with E-state index in [1.54, 1.807) is 0 Å². The summed E-state index contributed by atoms with van der Waals surface area (Å²) in [5.41, 5.74) is 10.5. The number of hydrogen-bond donors (Lipinski definition) is 1. The van der Waals surface area contributed by atoms with Gasteiger partial charge in [0, 0.05) is 0 Å². The Hall–Kier alpha value is -2.58. The molecule has 0 amide bonds. The lowest BCUT2D eigenvalue weighted by molar-refractivity contribution is 0.116. The summed E-state index contributed by atoms with van der Waals surface area (Å²) in [6, 6.07) is 18.1. The summed E-state index contributed by atoms with van der Waals surface area (Å²) >= 11 is 0. The molecule has 2 aliphatic rings. The molecule has 0 spiro atoms. The van der Waals surface area contributed by atoms with Crippen molar-refractivity contribution in [2.24, 2.45) is 11.8 Å². The molecule has 0 unspecified atom stereocenters. The van der Waals surface area contributed by atoms with Crippen LogP contribution >= 0.6 is 0 Å². The molecule has 4 rings (SSSR count). The molecule has 224 valence electrons. The van der Waals surface area contributed by atoms with Crippen LogP contribution in [0.25, 0.3) is 11.1 Å². The molecule has 2 aliphatic carbocycles. The monoisotopic (exact) mass is 562 g/mol. The molecule has 0 atom stereocenters. The minimum atomic E-state index is -0.0771. The van der Waals surface area contributed by atoms with Gasteiger partial charge in [-0.15, -0.1) is 5.47 Å². The zero-order valence-corrected chi connectivity index (χ0v) is 27.3. The van der Waals surface area contributed by atoms with Gasteiger partial charge in [0.15, 0.2) is 0 Å². The van der Waals surface area contributed by atoms with Gasteiger partial charge in [0.25, 0.3) is 0 Å². The van der Waals surface area contributed by atoms with Gasteiger partial charge in [-0.05, 0) is 118 Å². The van der Waals surface area contributed by atoms with Crippen LogP contribution in [0.3, 0.4) is 0 Å². The second kappa shape index (κ2) is 17.5. The Labute approximate surface area is 259 Å². The first kappa shape index (κ1) is 33.9. The third-order valence-corrected chi connectivity index (χ3v) is 9.51. The number of aliphatic hydroxyl groups excluding tert-OH is 1. The molecule has 2 aromatic rings. The van der Waals surface area contributed by atoms with Crippen molar-refractivity contribution in [2.45, 2.75) is 118 Å². The summed E-state index contributed by atoms with van der Waals surface area (Å²) in [6.45, 7) is 13.2. The average Bonchev–Trinajstić information content (AvgIpc) is 3.01. The number of hydrogen-bond acceptors (Lipinski definition) is 1. The Morgan fingerprint density at radius 1 is 0.738 bits per heavy atom. The highest BCUT2D eigenvalue weighted by Gasteiger charge is 2.20. The van der Waals surface area contributed by atoms with E-state index in [-0.39, 0.29) is 6.10 Å². The molecule has 0 heterocycles. The summed E-state index contributed by atoms with van der Waals surface area (Å²) in [7, 11) is 5.86. The van der Waals surface area contributed by atoms with Gasteiger partial charge >= 0.3 is 0 Å². The van der Waals surface area contributed by atoms with Crippen molar-refractivity contribution in [3.8, 4) is 11.1 Å². The molecule has 2 saturated carbocycles. The predicted molar refractivity (Wildman–Crippen MR) is 185 cm³/mol. The van der Waals surface area contributed by atoms with Crippen molar-refractivity contribution < 1.29 is 5.11 Å². The van der Waals surface area contributed by atoms with E-state index >= 15 is 0 Å². The highest BCUT2D eigenvalue weighted by Crippen LogP contribution is 2.36. The van der Waals surface area contributed by atoms with Crippen LogP contribution in [0.1, 0.15) is 116 Å². The fourth-order valence-corrected chi connectivity index (χ4v) is 6.17. The maximum atomic E-state index is 9.61. The van der Waals surface area contributed by atoms with Crippen LogP contribution in [0.15, 0.2) is 95.0 Å². The fraction of sp³-hybridized carbons (Fsp3) is 0.500. The van der Waals surface area contributed by atoms with Gasteiger partial charge in [0.05, 0.1) is 6.10 Å². The molecule has 2 fully saturated rings. The van der Waals surface area contributed by atoms with Gasteiger partial charge in [-0.25, -0.2) is 0 Å². The molecule has 0 bridgehead atoms. The highest BCUT2D eigenvalue weighted by atomic mass is 16.3. The van der Waals surface area contributed by atoms with Gasteiger partial charge in [0.1, 0.15) is 7.85 Å². The van der Waals surface area contributed by atoms with Gasteiger partial charge in [-0.1, -0.05) is 118 Å². The van der Waals surface area contributed by atoms with E-state index in [0.29, 0.717) is 5.92 Å². The number of aryl methyl sites for hydroxylation is 1. The fourth-order valence-electron chi connectivity index (χ4n) is 6.17. The zero-order valence-electron chi connectivity index (χ0n) is 27.3. The van der Waals surface area contributed by atoms with Crippen LogP contribution < -0.4 is 0 Å². The molecular weight excluding hydrogens is 507 g/mol. The molecular formula is C40H55BO. The first-order valence-electron chi connectivity index (χ1n) is 16.6. The van der Waals surface area contributed by atoms with E-state index in [4.69, 9.17) is 7.85 Å². The van der Waals surface area contributed by atoms with E-state index < -0.39 is 0 Å². The first-order valence-corrected chi connectivity index (χ1v) is 16.6. The molecule has 2 aromatic carbocycles. The molecule has 1 nitrogen and oxygen atoms in total. The minimum Gasteiger partial charge on any atom is -0.393 e. The third kappa shape index (κ3) is 10.9. The van der Waals surface area contributed by atoms with Crippen LogP contribution in [0.4, 0.5) is 0 Å². The van der Waals surface area contributed by atoms with E-state index in [0.717, 1.165) is 55.8 Å². The Morgan fingerprint density at radius 2 is 1.31 bits per heavy atom. The van der Waals surface area contributed by atoms with E-state index in [9.17, 15) is 5.11 Å². The van der Waals surface area contributed by atoms with Crippen LogP contribution in [0.5, 0.6) is 0 Å². The normalized spacial score (nSPS) is 24.2. The topological polar surface area (TPSA) is 20.2 Å². The summed E-state index contributed by atoms with van der Waals surface area (Å²) < 4.78 is 0. The van der Waals surface area contributed by atoms with Crippen molar-refractivity contribution in [3.63, 3.8) is 0 Å². The van der Waals surface area contributed by atoms with Crippen molar-refractivity contribution in [2.75, 3.05) is 0 Å². The zero-order chi connectivity index (χ0) is 30.5. The van der Waals surface area contributed by atoms with Crippen molar-refractivity contribution in [1.29, 1.82) is 0 Å². The van der Waals surface area contributed by atoms with Crippen molar-refractivity contribution in [1.82, 2.24) is 0 Å². The SMILES string of the molecule is Cc1ccc(-c2ccc(C3CCC(C)CC3)cc2)cc1.[B]/C(=C/C=C(C)/C(=C/C=C(\C)C1CCC(O)CC1)CC)CC. The van der Waals surface area contributed by atoms with Crippen molar-refractivity contribution >= 4 is 7.85 Å². The second-order valence-electron chi connectivity index (χ2n) is 12.9. The number of benzene rings is 2. The van der Waals surface area contributed by atoms with Crippen LogP contribution in [0.2, 0.25) is 0 Å². The summed E-state index contributed by atoms with van der Waals surface area (Å²) in [4.78, 5) is 0. The lowest BCUT2D eigenvalue weighted by Crippen LogP contribution is -2.18. The Morgan fingerprint density at radius 3 is 1.86 bits per heavy atom. The lowest BCUT2D eigenvalue weighted by atomic mass is 9.79. The molecule has 1 N–H and O–H groups in total. The third-order valence-electron chi connectivity index (χ3n) is 9.51. The maximum absolute atomic E-state index is 9.61. The molecule has 0 aliphatic heterocycles. The van der Waals surface area contributed by atoms with E-state index in [2.05, 4.69) is 108 Å². The van der Waals surface area contributed by atoms with E-state index in [1.807, 2.05) is 6.08 Å². The van der Waals surface area contributed by atoms with Gasteiger partial charge < -0.3 is 5.11 Å². The van der Waals surface area contributed by atoms with Crippen LogP contribution in [-0.2, 0) is 0 Å². The van der Waals surface area contributed by atoms with Gasteiger partial charge in [0.2, 0.25) is 0 Å². The summed E-state index contributed by atoms with van der Waals surface area (Å²) in [6.07, 6.45) is 20.1. The number of rotatable bonds is 8. The van der Waals surface area contributed by atoms with Crippen molar-refractivity contribution in [3.05, 3.63) is 106 Å². The standard InChI is InChI=1S/C20H31BO.C20H24/c1-5-17(15(3)8-12-19(21)6-2)9-7-16(4)18-10-13-20(22)14-11-18;1-15-3-7-17(8-4-15)19-11-13-20(14-12-19)18-9-5-16(2)6-10-18/h7-9,12,18,20,22H,5-6,10-11,13-14H2,1-4H3;3-4,7-8,11-14,16,18H,5-6,9-10H2,1-2H3/b15-8+,16-7+,17-9+,19-12+;. The Balaban J connectivity index is 0.000000231. The average molecular weight is 563 g/mol. The molecule has 2 radical (unpaired) electrons. The quantitative estimate of drug-likeness (QED) is 0.251. The van der Waals surface area contributed by atoms with E-state index in [1.165, 1.54) is 64.7 Å². The lowest BCUT2D eigenvalue weighted by Gasteiger charge is -2.26. The molecule has 0 aromatic heterocycles. The van der Waals surface area contributed by atoms with Gasteiger partial charge in [-0.2, -0.15) is 0 Å². The Bertz CT molecular complexity index is 1200. The smallest absolute Gasteiger partial charge is 0.107 e. The first-order chi connectivity index (χ1) is 20.2. The summed E-state index contributed by atoms with van der Waals surface area (Å²) in [5, 5.41) is 9.61.